The minimum atomic E-state index is -0.321. The Kier molecular flexibility index (Phi) is 5.71. The molecular weight excluding hydrogens is 244 g/mol. The van der Waals surface area contributed by atoms with Crippen LogP contribution < -0.4 is 0 Å². The summed E-state index contributed by atoms with van der Waals surface area (Å²) >= 11 is 7.61. The van der Waals surface area contributed by atoms with E-state index in [1.807, 2.05) is 25.1 Å². The summed E-state index contributed by atoms with van der Waals surface area (Å²) in [6.07, 6.45) is 0. The van der Waals surface area contributed by atoms with Crippen molar-refractivity contribution in [1.29, 1.82) is 0 Å². The molecule has 1 atom stereocenters. The van der Waals surface area contributed by atoms with Crippen LogP contribution >= 0.6 is 23.4 Å². The van der Waals surface area contributed by atoms with E-state index in [4.69, 9.17) is 16.3 Å². The number of ether oxygens (including phenoxy) is 1. The maximum absolute atomic E-state index is 11.8. The Balaban J connectivity index is 2.93. The van der Waals surface area contributed by atoms with Gasteiger partial charge in [-0.2, -0.15) is 0 Å². The molecule has 0 spiro atoms. The van der Waals surface area contributed by atoms with Crippen LogP contribution in [0.4, 0.5) is 0 Å². The predicted molar refractivity (Wildman–Crippen MR) is 69.0 cm³/mol. The molecule has 1 aromatic carbocycles. The first kappa shape index (κ1) is 13.4. The average molecular weight is 259 g/mol. The van der Waals surface area contributed by atoms with Gasteiger partial charge in [0.1, 0.15) is 5.25 Å². The summed E-state index contributed by atoms with van der Waals surface area (Å²) in [4.78, 5) is 11.8. The van der Waals surface area contributed by atoms with Crippen LogP contribution in [0.3, 0.4) is 0 Å². The van der Waals surface area contributed by atoms with Crippen LogP contribution in [0, 0.1) is 0 Å². The minimum absolute atomic E-state index is 0.220. The zero-order valence-electron chi connectivity index (χ0n) is 9.40. The van der Waals surface area contributed by atoms with Crippen molar-refractivity contribution in [1.82, 2.24) is 0 Å². The van der Waals surface area contributed by atoms with Crippen molar-refractivity contribution >= 4 is 29.3 Å². The highest BCUT2D eigenvalue weighted by Crippen LogP contribution is 2.34. The van der Waals surface area contributed by atoms with Crippen LogP contribution in [-0.4, -0.2) is 18.3 Å². The second-order valence-electron chi connectivity index (χ2n) is 3.11. The van der Waals surface area contributed by atoms with E-state index in [-0.39, 0.29) is 11.2 Å². The Morgan fingerprint density at radius 1 is 1.44 bits per heavy atom. The highest BCUT2D eigenvalue weighted by atomic mass is 35.5. The minimum Gasteiger partial charge on any atom is -0.465 e. The lowest BCUT2D eigenvalue weighted by molar-refractivity contribution is -0.142. The van der Waals surface area contributed by atoms with Crippen LogP contribution in [0.25, 0.3) is 0 Å². The maximum atomic E-state index is 11.8. The summed E-state index contributed by atoms with van der Waals surface area (Å²) in [5.74, 6) is 0.622. The third kappa shape index (κ3) is 3.42. The highest BCUT2D eigenvalue weighted by Gasteiger charge is 2.23. The summed E-state index contributed by atoms with van der Waals surface area (Å²) in [5.41, 5.74) is 0.828. The van der Waals surface area contributed by atoms with E-state index in [1.54, 1.807) is 13.0 Å². The van der Waals surface area contributed by atoms with E-state index in [0.29, 0.717) is 11.6 Å². The van der Waals surface area contributed by atoms with Crippen LogP contribution in [-0.2, 0) is 9.53 Å². The topological polar surface area (TPSA) is 26.3 Å². The van der Waals surface area contributed by atoms with E-state index in [1.165, 1.54) is 11.8 Å². The number of rotatable bonds is 5. The number of carbonyl (C=O) groups is 1. The Hall–Kier alpha value is -0.670. The fraction of sp³-hybridized carbons (Fsp3) is 0.417. The standard InChI is InChI=1S/C12H15ClO2S/c1-3-15-12(14)11(16-4-2)9-7-5-6-8-10(9)13/h5-8,11H,3-4H2,1-2H3/t11-/m1/s1. The molecule has 16 heavy (non-hydrogen) atoms. The summed E-state index contributed by atoms with van der Waals surface area (Å²) in [5, 5.41) is 0.292. The summed E-state index contributed by atoms with van der Waals surface area (Å²) < 4.78 is 5.05. The van der Waals surface area contributed by atoms with Crippen molar-refractivity contribution in [2.75, 3.05) is 12.4 Å². The molecular formula is C12H15ClO2S. The molecule has 0 saturated carbocycles. The van der Waals surface area contributed by atoms with Gasteiger partial charge in [-0.1, -0.05) is 36.7 Å². The van der Waals surface area contributed by atoms with E-state index < -0.39 is 0 Å². The number of carbonyl (C=O) groups excluding carboxylic acids is 1. The van der Waals surface area contributed by atoms with E-state index >= 15 is 0 Å². The largest absolute Gasteiger partial charge is 0.465 e. The van der Waals surface area contributed by atoms with Gasteiger partial charge >= 0.3 is 5.97 Å². The van der Waals surface area contributed by atoms with Crippen molar-refractivity contribution in [2.45, 2.75) is 19.1 Å². The SMILES string of the molecule is CCOC(=O)[C@H](SCC)c1ccccc1Cl. The molecule has 2 nitrogen and oxygen atoms in total. The average Bonchev–Trinajstić information content (AvgIpc) is 2.27. The molecule has 88 valence electrons. The van der Waals surface area contributed by atoms with E-state index in [0.717, 1.165) is 11.3 Å². The molecule has 0 N–H and O–H groups in total. The van der Waals surface area contributed by atoms with Gasteiger partial charge < -0.3 is 4.74 Å². The van der Waals surface area contributed by atoms with Crippen molar-refractivity contribution in [3.8, 4) is 0 Å². The number of benzene rings is 1. The zero-order chi connectivity index (χ0) is 12.0. The predicted octanol–water partition coefficient (Wildman–Crippen LogP) is 3.70. The molecule has 0 aliphatic rings. The highest BCUT2D eigenvalue weighted by molar-refractivity contribution is 8.00. The van der Waals surface area contributed by atoms with Gasteiger partial charge in [0.25, 0.3) is 0 Å². The van der Waals surface area contributed by atoms with Crippen LogP contribution in [0.1, 0.15) is 24.7 Å². The van der Waals surface area contributed by atoms with Gasteiger partial charge in [0, 0.05) is 5.02 Å². The Labute approximate surface area is 105 Å². The zero-order valence-corrected chi connectivity index (χ0v) is 11.0. The fourth-order valence-corrected chi connectivity index (χ4v) is 2.59. The van der Waals surface area contributed by atoms with Gasteiger partial charge in [0.05, 0.1) is 6.61 Å². The number of thioether (sulfide) groups is 1. The lowest BCUT2D eigenvalue weighted by atomic mass is 10.1. The van der Waals surface area contributed by atoms with Crippen molar-refractivity contribution in [3.63, 3.8) is 0 Å². The molecule has 1 aromatic rings. The van der Waals surface area contributed by atoms with Crippen LogP contribution in [0.15, 0.2) is 24.3 Å². The number of esters is 1. The van der Waals surface area contributed by atoms with Gasteiger partial charge in [-0.05, 0) is 24.3 Å². The normalized spacial score (nSPS) is 12.2. The molecule has 4 heteroatoms. The van der Waals surface area contributed by atoms with Gasteiger partial charge in [0.2, 0.25) is 0 Å². The number of halogens is 1. The van der Waals surface area contributed by atoms with Crippen LogP contribution in [0.5, 0.6) is 0 Å². The van der Waals surface area contributed by atoms with Crippen molar-refractivity contribution in [3.05, 3.63) is 34.9 Å². The van der Waals surface area contributed by atoms with Gasteiger partial charge in [0.15, 0.2) is 0 Å². The lowest BCUT2D eigenvalue weighted by Gasteiger charge is -2.15. The van der Waals surface area contributed by atoms with Crippen molar-refractivity contribution < 1.29 is 9.53 Å². The van der Waals surface area contributed by atoms with E-state index in [9.17, 15) is 4.79 Å². The monoisotopic (exact) mass is 258 g/mol. The Morgan fingerprint density at radius 2 is 2.12 bits per heavy atom. The molecule has 0 unspecified atom stereocenters. The summed E-state index contributed by atoms with van der Waals surface area (Å²) in [6.45, 7) is 4.20. The second kappa shape index (κ2) is 6.81. The molecule has 1 rings (SSSR count). The first-order valence-corrected chi connectivity index (χ1v) is 6.66. The Bertz CT molecular complexity index is 355. The molecule has 0 fully saturated rings. The van der Waals surface area contributed by atoms with E-state index in [2.05, 4.69) is 0 Å². The van der Waals surface area contributed by atoms with Gasteiger partial charge in [-0.3, -0.25) is 4.79 Å². The molecule has 0 bridgehead atoms. The molecule has 0 saturated heterocycles. The third-order valence-electron chi connectivity index (χ3n) is 2.02. The molecule has 0 heterocycles. The molecule has 0 radical (unpaired) electrons. The summed E-state index contributed by atoms with van der Waals surface area (Å²) in [6, 6.07) is 7.39. The van der Waals surface area contributed by atoms with Gasteiger partial charge in [-0.15, -0.1) is 11.8 Å². The fourth-order valence-electron chi connectivity index (χ4n) is 1.36. The second-order valence-corrected chi connectivity index (χ2v) is 4.90. The van der Waals surface area contributed by atoms with Gasteiger partial charge in [-0.25, -0.2) is 0 Å². The molecule has 0 aromatic heterocycles. The third-order valence-corrected chi connectivity index (χ3v) is 3.48. The van der Waals surface area contributed by atoms with Crippen molar-refractivity contribution in [2.24, 2.45) is 0 Å². The number of hydrogen-bond acceptors (Lipinski definition) is 3. The maximum Gasteiger partial charge on any atom is 0.323 e. The molecule has 0 amide bonds. The lowest BCUT2D eigenvalue weighted by Crippen LogP contribution is -2.13. The first-order valence-electron chi connectivity index (χ1n) is 5.23. The smallest absolute Gasteiger partial charge is 0.323 e. The molecule has 0 aliphatic carbocycles. The first-order chi connectivity index (χ1) is 7.70. The van der Waals surface area contributed by atoms with Crippen LogP contribution in [0.2, 0.25) is 5.02 Å². The number of hydrogen-bond donors (Lipinski definition) is 0. The molecule has 0 aliphatic heterocycles. The summed E-state index contributed by atoms with van der Waals surface area (Å²) in [7, 11) is 0. The quantitative estimate of drug-likeness (QED) is 0.754. The Morgan fingerprint density at radius 3 is 2.69 bits per heavy atom.